The number of hydrogen-bond acceptors (Lipinski definition) is 0. The van der Waals surface area contributed by atoms with Crippen LogP contribution in [0.5, 0.6) is 0 Å². The third kappa shape index (κ3) is 2.18. The lowest BCUT2D eigenvalue weighted by atomic mass is 10.1. The van der Waals surface area contributed by atoms with Crippen molar-refractivity contribution in [2.24, 2.45) is 0 Å². The lowest BCUT2D eigenvalue weighted by Gasteiger charge is -2.08. The van der Waals surface area contributed by atoms with E-state index in [1.807, 2.05) is 0 Å². The van der Waals surface area contributed by atoms with Crippen LogP contribution in [-0.2, 0) is 6.18 Å². The van der Waals surface area contributed by atoms with Gasteiger partial charge in [-0.05, 0) is 12.1 Å². The quantitative estimate of drug-likeness (QED) is 0.624. The highest BCUT2D eigenvalue weighted by molar-refractivity contribution is 5.27. The molecule has 0 spiro atoms. The minimum absolute atomic E-state index is 0.188. The Kier molecular flexibility index (Phi) is 2.73. The topological polar surface area (TPSA) is 0 Å². The molecular formula is C8H4F6. The zero-order chi connectivity index (χ0) is 10.9. The molecule has 0 aromatic heterocycles. The molecule has 0 aliphatic rings. The van der Waals surface area contributed by atoms with Gasteiger partial charge in [-0.1, -0.05) is 6.07 Å². The van der Waals surface area contributed by atoms with Crippen LogP contribution in [0.15, 0.2) is 18.2 Å². The molecule has 6 heteroatoms. The van der Waals surface area contributed by atoms with Crippen molar-refractivity contribution in [2.75, 3.05) is 0 Å². The van der Waals surface area contributed by atoms with Crippen molar-refractivity contribution in [3.8, 4) is 0 Å². The van der Waals surface area contributed by atoms with Gasteiger partial charge in [0.1, 0.15) is 5.82 Å². The second-order valence-electron chi connectivity index (χ2n) is 2.54. The molecule has 0 unspecified atom stereocenters. The van der Waals surface area contributed by atoms with Gasteiger partial charge in [-0.3, -0.25) is 0 Å². The summed E-state index contributed by atoms with van der Waals surface area (Å²) in [7, 11) is 0. The van der Waals surface area contributed by atoms with E-state index in [0.717, 1.165) is 0 Å². The fourth-order valence-corrected chi connectivity index (χ4v) is 0.897. The third-order valence-electron chi connectivity index (χ3n) is 1.55. The van der Waals surface area contributed by atoms with Crippen LogP contribution in [0.25, 0.3) is 0 Å². The molecule has 1 aromatic carbocycles. The van der Waals surface area contributed by atoms with Gasteiger partial charge in [0.15, 0.2) is 0 Å². The van der Waals surface area contributed by atoms with Crippen molar-refractivity contribution >= 4 is 0 Å². The number of hydrogen-bond donors (Lipinski definition) is 0. The molecule has 0 amide bonds. The monoisotopic (exact) mass is 214 g/mol. The van der Waals surface area contributed by atoms with Gasteiger partial charge in [0.25, 0.3) is 6.43 Å². The van der Waals surface area contributed by atoms with Crippen LogP contribution in [0, 0.1) is 5.82 Å². The van der Waals surface area contributed by atoms with Crippen molar-refractivity contribution < 1.29 is 26.3 Å². The van der Waals surface area contributed by atoms with Gasteiger partial charge in [0, 0.05) is 5.56 Å². The fourth-order valence-electron chi connectivity index (χ4n) is 0.897. The van der Waals surface area contributed by atoms with Gasteiger partial charge >= 0.3 is 6.18 Å². The first-order valence-electron chi connectivity index (χ1n) is 3.47. The minimum atomic E-state index is -4.86. The maximum Gasteiger partial charge on any atom is 0.419 e. The summed E-state index contributed by atoms with van der Waals surface area (Å²) in [4.78, 5) is 0. The Morgan fingerprint density at radius 3 is 2.00 bits per heavy atom. The largest absolute Gasteiger partial charge is 0.419 e. The summed E-state index contributed by atoms with van der Waals surface area (Å²) < 4.78 is 72.4. The van der Waals surface area contributed by atoms with Crippen LogP contribution in [0.3, 0.4) is 0 Å². The lowest BCUT2D eigenvalue weighted by Crippen LogP contribution is -2.08. The van der Waals surface area contributed by atoms with Crippen molar-refractivity contribution in [2.45, 2.75) is 12.6 Å². The Labute approximate surface area is 75.2 Å². The Morgan fingerprint density at radius 2 is 1.64 bits per heavy atom. The smallest absolute Gasteiger partial charge is 0.206 e. The highest BCUT2D eigenvalue weighted by atomic mass is 19.4. The van der Waals surface area contributed by atoms with Crippen LogP contribution >= 0.6 is 0 Å². The molecule has 0 N–H and O–H groups in total. The molecule has 0 aliphatic heterocycles. The molecule has 0 aliphatic carbocycles. The van der Waals surface area contributed by atoms with Gasteiger partial charge < -0.3 is 0 Å². The summed E-state index contributed by atoms with van der Waals surface area (Å²) in [6, 6.07) is 1.04. The van der Waals surface area contributed by atoms with Gasteiger partial charge in [-0.15, -0.1) is 0 Å². The lowest BCUT2D eigenvalue weighted by molar-refractivity contribution is -0.140. The van der Waals surface area contributed by atoms with Crippen molar-refractivity contribution in [1.29, 1.82) is 0 Å². The molecule has 0 saturated heterocycles. The second-order valence-corrected chi connectivity index (χ2v) is 2.54. The second kappa shape index (κ2) is 3.51. The van der Waals surface area contributed by atoms with Crippen molar-refractivity contribution in [3.05, 3.63) is 35.1 Å². The van der Waals surface area contributed by atoms with E-state index in [9.17, 15) is 26.3 Å². The van der Waals surface area contributed by atoms with E-state index in [1.165, 1.54) is 0 Å². The van der Waals surface area contributed by atoms with Crippen molar-refractivity contribution in [1.82, 2.24) is 0 Å². The van der Waals surface area contributed by atoms with Gasteiger partial charge in [0.05, 0.1) is 5.56 Å². The first-order valence-corrected chi connectivity index (χ1v) is 3.47. The molecule has 0 radical (unpaired) electrons. The first-order chi connectivity index (χ1) is 6.32. The zero-order valence-electron chi connectivity index (χ0n) is 6.58. The molecule has 0 bridgehead atoms. The Morgan fingerprint density at radius 1 is 1.07 bits per heavy atom. The van der Waals surface area contributed by atoms with E-state index >= 15 is 0 Å². The summed E-state index contributed by atoms with van der Waals surface area (Å²) in [5.74, 6) is -1.68. The van der Waals surface area contributed by atoms with Gasteiger partial charge in [-0.2, -0.15) is 13.2 Å². The number of benzene rings is 1. The maximum absolute atomic E-state index is 12.7. The average molecular weight is 214 g/mol. The normalized spacial score (nSPS) is 12.2. The van der Waals surface area contributed by atoms with E-state index in [2.05, 4.69) is 0 Å². The van der Waals surface area contributed by atoms with E-state index in [-0.39, 0.29) is 6.07 Å². The van der Waals surface area contributed by atoms with E-state index in [4.69, 9.17) is 0 Å². The predicted molar refractivity (Wildman–Crippen MR) is 36.4 cm³/mol. The van der Waals surface area contributed by atoms with Crippen LogP contribution in [-0.4, -0.2) is 0 Å². The molecule has 78 valence electrons. The Hall–Kier alpha value is -1.20. The molecule has 0 saturated carbocycles. The van der Waals surface area contributed by atoms with E-state index in [0.29, 0.717) is 12.1 Å². The van der Waals surface area contributed by atoms with Gasteiger partial charge in [-0.25, -0.2) is 13.2 Å². The standard InChI is InChI=1S/C8H4F6/c9-6-3-4(7(10)11)1-2-5(6)8(12,13)14/h1-3,7H. The van der Waals surface area contributed by atoms with E-state index in [1.54, 1.807) is 0 Å². The summed E-state index contributed by atoms with van der Waals surface area (Å²) in [5, 5.41) is 0. The molecule has 1 aromatic rings. The molecule has 1 rings (SSSR count). The molecule has 14 heavy (non-hydrogen) atoms. The maximum atomic E-state index is 12.7. The minimum Gasteiger partial charge on any atom is -0.206 e. The number of alkyl halides is 5. The van der Waals surface area contributed by atoms with Crippen LogP contribution in [0.1, 0.15) is 17.6 Å². The van der Waals surface area contributed by atoms with E-state index < -0.39 is 29.5 Å². The van der Waals surface area contributed by atoms with Crippen LogP contribution in [0.4, 0.5) is 26.3 Å². The third-order valence-corrected chi connectivity index (χ3v) is 1.55. The van der Waals surface area contributed by atoms with Crippen LogP contribution in [0.2, 0.25) is 0 Å². The summed E-state index contributed by atoms with van der Waals surface area (Å²) in [5.41, 5.74) is -2.31. The summed E-state index contributed by atoms with van der Waals surface area (Å²) >= 11 is 0. The highest BCUT2D eigenvalue weighted by Crippen LogP contribution is 2.32. The molecule has 0 fully saturated rings. The summed E-state index contributed by atoms with van der Waals surface area (Å²) in [6.07, 6.45) is -7.84. The molecule has 0 atom stereocenters. The Bertz CT molecular complexity index is 327. The fraction of sp³-hybridized carbons (Fsp3) is 0.250. The van der Waals surface area contributed by atoms with Crippen LogP contribution < -0.4 is 0 Å². The summed E-state index contributed by atoms with van der Waals surface area (Å²) in [6.45, 7) is 0. The molecule has 0 nitrogen and oxygen atoms in total. The predicted octanol–water partition coefficient (Wildman–Crippen LogP) is 3.78. The van der Waals surface area contributed by atoms with Crippen molar-refractivity contribution in [3.63, 3.8) is 0 Å². The number of rotatable bonds is 1. The average Bonchev–Trinajstić information content (AvgIpc) is 2.01. The Balaban J connectivity index is 3.15. The zero-order valence-corrected chi connectivity index (χ0v) is 6.58. The molecular weight excluding hydrogens is 210 g/mol. The molecule has 0 heterocycles. The highest BCUT2D eigenvalue weighted by Gasteiger charge is 2.34. The SMILES string of the molecule is Fc1cc(C(F)F)ccc1C(F)(F)F. The number of halogens is 6. The van der Waals surface area contributed by atoms with Gasteiger partial charge in [0.2, 0.25) is 0 Å². The first kappa shape index (κ1) is 10.9.